The number of carbonyl (C=O) groups is 1. The highest BCUT2D eigenvalue weighted by molar-refractivity contribution is 7.91. The number of Topliss-reactive ketones (excluding diaryl/α,β-unsaturated/α-hetero) is 1. The second-order valence-corrected chi connectivity index (χ2v) is 4.66. The summed E-state index contributed by atoms with van der Waals surface area (Å²) in [6, 6.07) is 4.09. The van der Waals surface area contributed by atoms with E-state index < -0.39 is 21.6 Å². The number of carbonyl (C=O) groups excluding carboxylic acids is 1. The molecule has 0 aliphatic carbocycles. The van der Waals surface area contributed by atoms with Gasteiger partial charge in [-0.1, -0.05) is 18.2 Å². The number of ketones is 1. The van der Waals surface area contributed by atoms with E-state index in [1.54, 1.807) is 0 Å². The summed E-state index contributed by atoms with van der Waals surface area (Å²) in [5.41, 5.74) is 0.0325. The lowest BCUT2D eigenvalue weighted by atomic mass is 10.1. The van der Waals surface area contributed by atoms with Crippen molar-refractivity contribution < 1.29 is 17.6 Å². The van der Waals surface area contributed by atoms with Crippen molar-refractivity contribution in [3.8, 4) is 0 Å². The minimum Gasteiger partial charge on any atom is -0.294 e. The summed E-state index contributed by atoms with van der Waals surface area (Å²) in [5, 5.41) is 0. The minimum absolute atomic E-state index is 0.0325. The Bertz CT molecular complexity index is 451. The van der Waals surface area contributed by atoms with Gasteiger partial charge < -0.3 is 0 Å². The van der Waals surface area contributed by atoms with Gasteiger partial charge in [-0.25, -0.2) is 12.8 Å². The third kappa shape index (κ3) is 1.98. The summed E-state index contributed by atoms with van der Waals surface area (Å²) in [6.45, 7) is 1.24. The fraction of sp³-hybridized carbons (Fsp3) is 0.222. The zero-order chi connectivity index (χ0) is 10.8. The molecule has 1 rings (SSSR count). The SMILES string of the molecule is CC(=O)c1ccccc1S(=O)(=O)CF. The van der Waals surface area contributed by atoms with Gasteiger partial charge in [-0.3, -0.25) is 4.79 Å². The van der Waals surface area contributed by atoms with Crippen LogP contribution in [0, 0.1) is 0 Å². The molecule has 14 heavy (non-hydrogen) atoms. The predicted octanol–water partition coefficient (Wildman–Crippen LogP) is 1.59. The average molecular weight is 216 g/mol. The van der Waals surface area contributed by atoms with E-state index in [9.17, 15) is 17.6 Å². The second-order valence-electron chi connectivity index (χ2n) is 2.78. The Balaban J connectivity index is 3.42. The Morgan fingerprint density at radius 3 is 2.43 bits per heavy atom. The Morgan fingerprint density at radius 2 is 1.93 bits per heavy atom. The van der Waals surface area contributed by atoms with Crippen molar-refractivity contribution in [2.45, 2.75) is 11.8 Å². The summed E-state index contributed by atoms with van der Waals surface area (Å²) in [5.74, 6) is -0.391. The molecule has 0 aromatic heterocycles. The number of hydrogen-bond acceptors (Lipinski definition) is 3. The maximum absolute atomic E-state index is 12.2. The number of sulfone groups is 1. The second kappa shape index (κ2) is 3.88. The van der Waals surface area contributed by atoms with Crippen LogP contribution in [0.1, 0.15) is 17.3 Å². The molecular formula is C9H9FO3S. The van der Waals surface area contributed by atoms with Crippen molar-refractivity contribution in [1.82, 2.24) is 0 Å². The molecule has 0 saturated heterocycles. The first-order valence-corrected chi connectivity index (χ1v) is 5.53. The molecule has 0 spiro atoms. The standard InChI is InChI=1S/C9H9FO3S/c1-7(11)8-4-2-3-5-9(8)14(12,13)6-10/h2-5H,6H2,1H3. The molecule has 0 N–H and O–H groups in total. The molecule has 0 atom stereocenters. The number of rotatable bonds is 3. The maximum Gasteiger partial charge on any atom is 0.208 e. The van der Waals surface area contributed by atoms with E-state index >= 15 is 0 Å². The van der Waals surface area contributed by atoms with Crippen LogP contribution in [0.2, 0.25) is 0 Å². The average Bonchev–Trinajstić information content (AvgIpc) is 2.18. The van der Waals surface area contributed by atoms with Gasteiger partial charge in [0.15, 0.2) is 11.8 Å². The van der Waals surface area contributed by atoms with Crippen molar-refractivity contribution in [3.63, 3.8) is 0 Å². The molecule has 1 aromatic carbocycles. The Kier molecular flexibility index (Phi) is 3.00. The van der Waals surface area contributed by atoms with E-state index in [2.05, 4.69) is 0 Å². The van der Waals surface area contributed by atoms with Gasteiger partial charge in [0.05, 0.1) is 4.90 Å². The zero-order valence-corrected chi connectivity index (χ0v) is 8.34. The van der Waals surface area contributed by atoms with Crippen LogP contribution in [-0.2, 0) is 9.84 Å². The van der Waals surface area contributed by atoms with Crippen LogP contribution in [-0.4, -0.2) is 20.2 Å². The number of alkyl halides is 1. The summed E-state index contributed by atoms with van der Waals surface area (Å²) in [6.07, 6.45) is 0. The van der Waals surface area contributed by atoms with E-state index in [-0.39, 0.29) is 10.5 Å². The summed E-state index contributed by atoms with van der Waals surface area (Å²) in [4.78, 5) is 10.8. The highest BCUT2D eigenvalue weighted by Crippen LogP contribution is 2.17. The fourth-order valence-corrected chi connectivity index (χ4v) is 2.04. The predicted molar refractivity (Wildman–Crippen MR) is 49.6 cm³/mol. The molecule has 5 heteroatoms. The van der Waals surface area contributed by atoms with E-state index in [1.807, 2.05) is 0 Å². The smallest absolute Gasteiger partial charge is 0.208 e. The number of benzene rings is 1. The Labute approximate surface area is 81.5 Å². The zero-order valence-electron chi connectivity index (χ0n) is 7.53. The maximum atomic E-state index is 12.2. The van der Waals surface area contributed by atoms with Crippen LogP contribution >= 0.6 is 0 Å². The quantitative estimate of drug-likeness (QED) is 0.721. The molecule has 3 nitrogen and oxygen atoms in total. The third-order valence-electron chi connectivity index (χ3n) is 1.75. The molecule has 0 unspecified atom stereocenters. The molecule has 76 valence electrons. The normalized spacial score (nSPS) is 11.3. The molecule has 0 heterocycles. The van der Waals surface area contributed by atoms with Crippen molar-refractivity contribution in [2.75, 3.05) is 6.01 Å². The Morgan fingerprint density at radius 1 is 1.36 bits per heavy atom. The lowest BCUT2D eigenvalue weighted by Gasteiger charge is -2.04. The molecule has 0 fully saturated rings. The molecular weight excluding hydrogens is 207 g/mol. The summed E-state index contributed by atoms with van der Waals surface area (Å²) >= 11 is 0. The third-order valence-corrected chi connectivity index (χ3v) is 3.06. The van der Waals surface area contributed by atoms with Crippen molar-refractivity contribution >= 4 is 15.6 Å². The first-order chi connectivity index (χ1) is 6.49. The summed E-state index contributed by atoms with van der Waals surface area (Å²) in [7, 11) is -3.96. The number of hydrogen-bond donors (Lipinski definition) is 0. The van der Waals surface area contributed by atoms with Crippen LogP contribution in [0.15, 0.2) is 29.2 Å². The molecule has 0 radical (unpaired) electrons. The van der Waals surface area contributed by atoms with Crippen molar-refractivity contribution in [3.05, 3.63) is 29.8 Å². The van der Waals surface area contributed by atoms with Crippen LogP contribution in [0.25, 0.3) is 0 Å². The largest absolute Gasteiger partial charge is 0.294 e. The molecule has 0 amide bonds. The minimum atomic E-state index is -3.96. The van der Waals surface area contributed by atoms with E-state index in [1.165, 1.54) is 31.2 Å². The van der Waals surface area contributed by atoms with Crippen LogP contribution in [0.5, 0.6) is 0 Å². The number of halogens is 1. The lowest BCUT2D eigenvalue weighted by molar-refractivity contribution is 0.101. The Hall–Kier alpha value is -1.23. The molecule has 0 saturated carbocycles. The monoisotopic (exact) mass is 216 g/mol. The van der Waals surface area contributed by atoms with Crippen molar-refractivity contribution in [1.29, 1.82) is 0 Å². The van der Waals surface area contributed by atoms with E-state index in [0.717, 1.165) is 0 Å². The van der Waals surface area contributed by atoms with Gasteiger partial charge >= 0.3 is 0 Å². The van der Waals surface area contributed by atoms with Gasteiger partial charge in [0, 0.05) is 5.56 Å². The van der Waals surface area contributed by atoms with Crippen molar-refractivity contribution in [2.24, 2.45) is 0 Å². The van der Waals surface area contributed by atoms with Crippen LogP contribution in [0.3, 0.4) is 0 Å². The van der Waals surface area contributed by atoms with E-state index in [4.69, 9.17) is 0 Å². The lowest BCUT2D eigenvalue weighted by Crippen LogP contribution is -2.08. The molecule has 0 aliphatic rings. The van der Waals surface area contributed by atoms with Gasteiger partial charge in [0.25, 0.3) is 0 Å². The first-order valence-electron chi connectivity index (χ1n) is 3.87. The van der Waals surface area contributed by atoms with E-state index in [0.29, 0.717) is 0 Å². The van der Waals surface area contributed by atoms with Gasteiger partial charge in [-0.15, -0.1) is 0 Å². The van der Waals surface area contributed by atoms with Crippen LogP contribution < -0.4 is 0 Å². The van der Waals surface area contributed by atoms with Gasteiger partial charge in [0.1, 0.15) is 0 Å². The van der Waals surface area contributed by atoms with Gasteiger partial charge in [0.2, 0.25) is 9.84 Å². The van der Waals surface area contributed by atoms with Gasteiger partial charge in [-0.2, -0.15) is 0 Å². The van der Waals surface area contributed by atoms with Crippen LogP contribution in [0.4, 0.5) is 4.39 Å². The highest BCUT2D eigenvalue weighted by Gasteiger charge is 2.19. The summed E-state index contributed by atoms with van der Waals surface area (Å²) < 4.78 is 34.6. The molecule has 0 aliphatic heterocycles. The highest BCUT2D eigenvalue weighted by atomic mass is 32.2. The topological polar surface area (TPSA) is 51.2 Å². The molecule has 0 bridgehead atoms. The molecule has 1 aromatic rings. The van der Waals surface area contributed by atoms with Gasteiger partial charge in [-0.05, 0) is 13.0 Å². The fourth-order valence-electron chi connectivity index (χ4n) is 1.09. The first kappa shape index (κ1) is 10.8.